The van der Waals surface area contributed by atoms with Crippen LogP contribution in [-0.2, 0) is 19.5 Å². The minimum absolute atomic E-state index is 0. The number of hydrogen-bond acceptors (Lipinski definition) is 4. The van der Waals surface area contributed by atoms with Crippen LogP contribution in [0.4, 0.5) is 0 Å². The van der Waals surface area contributed by atoms with Gasteiger partial charge in [-0.15, -0.1) is 24.8 Å². The average molecular weight is 423 g/mol. The van der Waals surface area contributed by atoms with Crippen molar-refractivity contribution in [3.63, 3.8) is 0 Å². The molecule has 1 saturated heterocycles. The van der Waals surface area contributed by atoms with Crippen LogP contribution in [0.15, 0.2) is 30.5 Å². The summed E-state index contributed by atoms with van der Waals surface area (Å²) in [5.41, 5.74) is 6.76. The summed E-state index contributed by atoms with van der Waals surface area (Å²) in [4.78, 5) is 17.4. The monoisotopic (exact) mass is 422 g/mol. The summed E-state index contributed by atoms with van der Waals surface area (Å²) >= 11 is 0. The minimum atomic E-state index is 0. The Morgan fingerprint density at radius 3 is 2.82 bits per heavy atom. The molecule has 2 aliphatic heterocycles. The molecular weight excluding hydrogens is 395 g/mol. The van der Waals surface area contributed by atoms with Gasteiger partial charge in [-0.1, -0.05) is 18.2 Å². The molecular formula is C21H28Cl2N4O. The largest absolute Gasteiger partial charge is 0.348 e. The van der Waals surface area contributed by atoms with Gasteiger partial charge in [-0.3, -0.25) is 9.78 Å². The molecule has 1 atom stereocenters. The Balaban J connectivity index is 0.00000140. The topological polar surface area (TPSA) is 66.0 Å². The highest BCUT2D eigenvalue weighted by molar-refractivity contribution is 5.95. The molecule has 0 spiro atoms. The molecule has 5 nitrogen and oxygen atoms in total. The molecule has 4 rings (SSSR count). The summed E-state index contributed by atoms with van der Waals surface area (Å²) in [5.74, 6) is 0.439. The quantitative estimate of drug-likeness (QED) is 0.708. The molecule has 1 fully saturated rings. The summed E-state index contributed by atoms with van der Waals surface area (Å²) in [6, 6.07) is 8.01. The molecule has 0 saturated carbocycles. The molecule has 2 aromatic rings. The molecule has 152 valence electrons. The number of aromatic nitrogens is 1. The molecule has 1 aromatic heterocycles. The molecule has 7 heteroatoms. The average Bonchev–Trinajstić information content (AvgIpc) is 3.21. The second kappa shape index (κ2) is 10.2. The van der Waals surface area contributed by atoms with Gasteiger partial charge in [0.2, 0.25) is 0 Å². The van der Waals surface area contributed by atoms with E-state index in [1.807, 2.05) is 31.3 Å². The lowest BCUT2D eigenvalue weighted by Crippen LogP contribution is -2.29. The van der Waals surface area contributed by atoms with Gasteiger partial charge in [0.15, 0.2) is 0 Å². The fourth-order valence-electron chi connectivity index (χ4n) is 4.12. The number of carbonyl (C=O) groups excluding carboxylic acids is 1. The second-order valence-electron chi connectivity index (χ2n) is 7.21. The van der Waals surface area contributed by atoms with Crippen molar-refractivity contribution in [2.24, 2.45) is 0 Å². The van der Waals surface area contributed by atoms with E-state index in [1.54, 1.807) is 0 Å². The second-order valence-corrected chi connectivity index (χ2v) is 7.21. The Kier molecular flexibility index (Phi) is 8.25. The summed E-state index contributed by atoms with van der Waals surface area (Å²) in [6.45, 7) is 6.39. The van der Waals surface area contributed by atoms with Gasteiger partial charge in [0.05, 0.1) is 0 Å². The van der Waals surface area contributed by atoms with Crippen molar-refractivity contribution in [2.45, 2.75) is 38.8 Å². The normalized spacial score (nSPS) is 17.8. The van der Waals surface area contributed by atoms with Crippen LogP contribution in [0.3, 0.4) is 0 Å². The highest BCUT2D eigenvalue weighted by Gasteiger charge is 2.22. The molecule has 1 unspecified atom stereocenters. The van der Waals surface area contributed by atoms with Gasteiger partial charge < -0.3 is 16.0 Å². The molecule has 0 radical (unpaired) electrons. The number of amides is 1. The number of pyridine rings is 1. The fraction of sp³-hybridized carbons (Fsp3) is 0.429. The minimum Gasteiger partial charge on any atom is -0.348 e. The first kappa shape index (κ1) is 22.6. The molecule has 28 heavy (non-hydrogen) atoms. The highest BCUT2D eigenvalue weighted by atomic mass is 35.5. The Labute approximate surface area is 178 Å². The Hall–Kier alpha value is -1.66. The number of rotatable bonds is 4. The van der Waals surface area contributed by atoms with Gasteiger partial charge in [0, 0.05) is 37.1 Å². The van der Waals surface area contributed by atoms with Crippen molar-refractivity contribution in [2.75, 3.05) is 19.6 Å². The predicted octanol–water partition coefficient (Wildman–Crippen LogP) is 2.89. The molecule has 0 bridgehead atoms. The van der Waals surface area contributed by atoms with Crippen molar-refractivity contribution < 1.29 is 4.79 Å². The van der Waals surface area contributed by atoms with Crippen LogP contribution >= 0.6 is 24.8 Å². The van der Waals surface area contributed by atoms with E-state index in [2.05, 4.69) is 27.0 Å². The van der Waals surface area contributed by atoms with E-state index in [0.717, 1.165) is 55.8 Å². The first-order valence-electron chi connectivity index (χ1n) is 9.49. The van der Waals surface area contributed by atoms with Crippen LogP contribution in [0, 0.1) is 6.92 Å². The lowest BCUT2D eigenvalue weighted by Gasteiger charge is -2.22. The van der Waals surface area contributed by atoms with Crippen LogP contribution in [0.5, 0.6) is 0 Å². The van der Waals surface area contributed by atoms with Gasteiger partial charge in [0.25, 0.3) is 5.91 Å². The van der Waals surface area contributed by atoms with Crippen LogP contribution in [0.2, 0.25) is 0 Å². The Morgan fingerprint density at radius 2 is 2.04 bits per heavy atom. The van der Waals surface area contributed by atoms with Crippen molar-refractivity contribution >= 4 is 30.7 Å². The van der Waals surface area contributed by atoms with Crippen LogP contribution in [-0.4, -0.2) is 30.5 Å². The zero-order valence-corrected chi connectivity index (χ0v) is 17.7. The van der Waals surface area contributed by atoms with E-state index >= 15 is 0 Å². The van der Waals surface area contributed by atoms with Gasteiger partial charge >= 0.3 is 0 Å². The number of nitrogens with one attached hydrogen (secondary N) is 3. The third-order valence-electron chi connectivity index (χ3n) is 5.60. The summed E-state index contributed by atoms with van der Waals surface area (Å²) in [5, 5.41) is 9.92. The lowest BCUT2D eigenvalue weighted by atomic mass is 9.93. The molecule has 3 heterocycles. The number of benzene rings is 1. The van der Waals surface area contributed by atoms with E-state index in [4.69, 9.17) is 0 Å². The van der Waals surface area contributed by atoms with Crippen molar-refractivity contribution in [3.05, 3.63) is 64.0 Å². The molecule has 3 N–H and O–H groups in total. The first-order chi connectivity index (χ1) is 12.7. The molecule has 2 aliphatic rings. The standard InChI is InChI=1S/C21H26N4O.2ClH/c1-14-20(18-7-9-23-11-16(18)12-24-14)13-25-21(26)19-5-3-2-4-17(19)15-6-8-22-10-15;;/h2-5,12,15,22-23H,6-11,13H2,1H3,(H,25,26);2*1H. The maximum Gasteiger partial charge on any atom is 0.251 e. The number of halogens is 2. The number of aryl methyl sites for hydroxylation is 1. The maximum absolute atomic E-state index is 12.9. The third kappa shape index (κ3) is 4.66. The smallest absolute Gasteiger partial charge is 0.251 e. The first-order valence-corrected chi connectivity index (χ1v) is 9.49. The zero-order chi connectivity index (χ0) is 17.9. The number of hydrogen-bond donors (Lipinski definition) is 3. The number of nitrogens with zero attached hydrogens (tertiary/aromatic N) is 1. The lowest BCUT2D eigenvalue weighted by molar-refractivity contribution is 0.0949. The fourth-order valence-corrected chi connectivity index (χ4v) is 4.12. The van der Waals surface area contributed by atoms with Crippen molar-refractivity contribution in [1.82, 2.24) is 20.9 Å². The maximum atomic E-state index is 12.9. The Morgan fingerprint density at radius 1 is 1.21 bits per heavy atom. The van der Waals surface area contributed by atoms with E-state index in [0.29, 0.717) is 12.5 Å². The van der Waals surface area contributed by atoms with Gasteiger partial charge in [0.1, 0.15) is 0 Å². The van der Waals surface area contributed by atoms with Gasteiger partial charge in [-0.25, -0.2) is 0 Å². The third-order valence-corrected chi connectivity index (χ3v) is 5.60. The SMILES string of the molecule is Cc1ncc2c(c1CNC(=O)c1ccccc1C1CCNC1)CCNC2.Cl.Cl. The molecule has 1 amide bonds. The zero-order valence-electron chi connectivity index (χ0n) is 16.1. The van der Waals surface area contributed by atoms with Gasteiger partial charge in [-0.05, 0) is 67.1 Å². The summed E-state index contributed by atoms with van der Waals surface area (Å²) < 4.78 is 0. The summed E-state index contributed by atoms with van der Waals surface area (Å²) in [7, 11) is 0. The van der Waals surface area contributed by atoms with Crippen LogP contribution in [0.25, 0.3) is 0 Å². The molecule has 1 aromatic carbocycles. The number of fused-ring (bicyclic) bond motifs is 1. The number of carbonyl (C=O) groups is 1. The summed E-state index contributed by atoms with van der Waals surface area (Å²) in [6.07, 6.45) is 4.05. The van der Waals surface area contributed by atoms with Crippen molar-refractivity contribution in [1.29, 1.82) is 0 Å². The molecule has 0 aliphatic carbocycles. The van der Waals surface area contributed by atoms with E-state index in [-0.39, 0.29) is 30.7 Å². The van der Waals surface area contributed by atoms with Gasteiger partial charge in [-0.2, -0.15) is 0 Å². The predicted molar refractivity (Wildman–Crippen MR) is 117 cm³/mol. The highest BCUT2D eigenvalue weighted by Crippen LogP contribution is 2.26. The van der Waals surface area contributed by atoms with E-state index < -0.39 is 0 Å². The van der Waals surface area contributed by atoms with Crippen molar-refractivity contribution in [3.8, 4) is 0 Å². The van der Waals surface area contributed by atoms with Crippen LogP contribution in [0.1, 0.15) is 50.6 Å². The van der Waals surface area contributed by atoms with E-state index in [9.17, 15) is 4.79 Å². The Bertz CT molecular complexity index is 822. The van der Waals surface area contributed by atoms with E-state index in [1.165, 1.54) is 16.7 Å². The van der Waals surface area contributed by atoms with Crippen LogP contribution < -0.4 is 16.0 Å².